The van der Waals surface area contributed by atoms with E-state index in [9.17, 15) is 9.18 Å². The van der Waals surface area contributed by atoms with Gasteiger partial charge in [-0.15, -0.1) is 5.73 Å². The first kappa shape index (κ1) is 11.5. The molecular formula is C10H12FNO. The first-order valence-corrected chi connectivity index (χ1v) is 3.86. The van der Waals surface area contributed by atoms with E-state index in [0.717, 1.165) is 12.3 Å². The lowest BCUT2D eigenvalue weighted by atomic mass is 10.3. The molecule has 70 valence electrons. The molecule has 0 saturated heterocycles. The molecule has 0 rings (SSSR count). The lowest BCUT2D eigenvalue weighted by molar-refractivity contribution is -0.111. The van der Waals surface area contributed by atoms with Crippen molar-refractivity contribution in [3.8, 4) is 0 Å². The predicted molar refractivity (Wildman–Crippen MR) is 51.3 cm³/mol. The number of rotatable bonds is 3. The Bertz CT molecular complexity index is 307. The highest BCUT2D eigenvalue weighted by atomic mass is 19.1. The summed E-state index contributed by atoms with van der Waals surface area (Å²) >= 11 is 0. The Labute approximate surface area is 77.2 Å². The second-order valence-electron chi connectivity index (χ2n) is 2.38. The molecule has 0 amide bonds. The quantitative estimate of drug-likeness (QED) is 0.374. The van der Waals surface area contributed by atoms with Gasteiger partial charge < -0.3 is 0 Å². The maximum absolute atomic E-state index is 12.7. The topological polar surface area (TPSA) is 29.4 Å². The van der Waals surface area contributed by atoms with Gasteiger partial charge in [0, 0.05) is 13.0 Å². The van der Waals surface area contributed by atoms with Crippen LogP contribution in [0.5, 0.6) is 0 Å². The summed E-state index contributed by atoms with van der Waals surface area (Å²) in [5.74, 6) is -0.697. The second kappa shape index (κ2) is 6.09. The van der Waals surface area contributed by atoms with Crippen molar-refractivity contribution in [3.63, 3.8) is 0 Å². The van der Waals surface area contributed by atoms with Gasteiger partial charge in [0.25, 0.3) is 0 Å². The molecule has 0 saturated carbocycles. The van der Waals surface area contributed by atoms with Crippen molar-refractivity contribution in [1.82, 2.24) is 0 Å². The van der Waals surface area contributed by atoms with Crippen molar-refractivity contribution in [2.45, 2.75) is 20.8 Å². The Balaban J connectivity index is 4.51. The SMILES string of the molecule is CC=C=C/C(F)=C\N=C(C)C(C)=O. The van der Waals surface area contributed by atoms with E-state index in [0.29, 0.717) is 0 Å². The molecular weight excluding hydrogens is 169 g/mol. The lowest BCUT2D eigenvalue weighted by Crippen LogP contribution is -2.02. The minimum absolute atomic E-state index is 0.168. The molecule has 0 aromatic carbocycles. The minimum atomic E-state index is -0.529. The van der Waals surface area contributed by atoms with Crippen LogP contribution in [-0.2, 0) is 4.79 Å². The van der Waals surface area contributed by atoms with E-state index in [1.54, 1.807) is 13.0 Å². The van der Waals surface area contributed by atoms with E-state index in [1.807, 2.05) is 0 Å². The van der Waals surface area contributed by atoms with E-state index < -0.39 is 5.83 Å². The summed E-state index contributed by atoms with van der Waals surface area (Å²) in [7, 11) is 0. The molecule has 0 aromatic rings. The number of ketones is 1. The first-order valence-electron chi connectivity index (χ1n) is 3.86. The van der Waals surface area contributed by atoms with Gasteiger partial charge in [-0.3, -0.25) is 9.79 Å². The largest absolute Gasteiger partial charge is 0.293 e. The van der Waals surface area contributed by atoms with Crippen LogP contribution in [0, 0.1) is 0 Å². The Hall–Kier alpha value is -1.47. The van der Waals surface area contributed by atoms with Crippen molar-refractivity contribution in [3.05, 3.63) is 29.9 Å². The van der Waals surface area contributed by atoms with Crippen LogP contribution >= 0.6 is 0 Å². The van der Waals surface area contributed by atoms with Crippen molar-refractivity contribution in [2.75, 3.05) is 0 Å². The van der Waals surface area contributed by atoms with Crippen LogP contribution in [0.1, 0.15) is 20.8 Å². The molecule has 0 aromatic heterocycles. The molecule has 3 heteroatoms. The fourth-order valence-corrected chi connectivity index (χ4v) is 0.450. The molecule has 0 fully saturated rings. The van der Waals surface area contributed by atoms with Crippen LogP contribution in [0.3, 0.4) is 0 Å². The third-order valence-electron chi connectivity index (χ3n) is 1.28. The van der Waals surface area contributed by atoms with E-state index in [1.165, 1.54) is 13.8 Å². The standard InChI is InChI=1S/C10H12FNO/c1-4-5-6-10(11)7-12-8(2)9(3)13/h4,6-7H,1-3H3/b10-7+,12-8?. The number of carbonyl (C=O) groups is 1. The van der Waals surface area contributed by atoms with Gasteiger partial charge in [-0.05, 0) is 19.9 Å². The highest BCUT2D eigenvalue weighted by Gasteiger charge is 1.94. The number of halogens is 1. The summed E-state index contributed by atoms with van der Waals surface area (Å²) in [6.07, 6.45) is 3.72. The molecule has 0 spiro atoms. The monoisotopic (exact) mass is 181 g/mol. The zero-order chi connectivity index (χ0) is 10.3. The fraction of sp³-hybridized carbons (Fsp3) is 0.300. The third-order valence-corrected chi connectivity index (χ3v) is 1.28. The third kappa shape index (κ3) is 5.76. The Morgan fingerprint density at radius 2 is 2.08 bits per heavy atom. The normalized spacial score (nSPS) is 12.0. The number of allylic oxidation sites excluding steroid dienone is 2. The van der Waals surface area contributed by atoms with Gasteiger partial charge in [0.05, 0.1) is 11.9 Å². The van der Waals surface area contributed by atoms with Crippen molar-refractivity contribution >= 4 is 11.5 Å². The summed E-state index contributed by atoms with van der Waals surface area (Å²) in [5.41, 5.74) is 2.84. The number of aliphatic imine (C=N–C) groups is 1. The van der Waals surface area contributed by atoms with E-state index in [4.69, 9.17) is 0 Å². The molecule has 2 nitrogen and oxygen atoms in total. The van der Waals surface area contributed by atoms with Gasteiger partial charge in [-0.1, -0.05) is 0 Å². The maximum Gasteiger partial charge on any atom is 0.173 e. The van der Waals surface area contributed by atoms with Crippen LogP contribution in [0.4, 0.5) is 4.39 Å². The first-order chi connectivity index (χ1) is 6.07. The molecule has 0 bridgehead atoms. The van der Waals surface area contributed by atoms with Crippen LogP contribution in [0.25, 0.3) is 0 Å². The van der Waals surface area contributed by atoms with Crippen molar-refractivity contribution < 1.29 is 9.18 Å². The summed E-state index contributed by atoms with van der Waals surface area (Å²) in [4.78, 5) is 14.3. The molecule has 0 heterocycles. The van der Waals surface area contributed by atoms with Crippen molar-refractivity contribution in [2.24, 2.45) is 4.99 Å². The summed E-state index contributed by atoms with van der Waals surface area (Å²) in [6, 6.07) is 0. The zero-order valence-corrected chi connectivity index (χ0v) is 7.97. The van der Waals surface area contributed by atoms with Crippen LogP contribution in [0.15, 0.2) is 34.9 Å². The number of carbonyl (C=O) groups excluding carboxylic acids is 1. The molecule has 0 aliphatic rings. The molecule has 13 heavy (non-hydrogen) atoms. The molecule has 0 aliphatic carbocycles. The average Bonchev–Trinajstić information content (AvgIpc) is 2.10. The number of Topliss-reactive ketones (excluding diaryl/α,β-unsaturated/α-hetero) is 1. The Morgan fingerprint density at radius 1 is 1.46 bits per heavy atom. The van der Waals surface area contributed by atoms with Crippen molar-refractivity contribution in [1.29, 1.82) is 0 Å². The van der Waals surface area contributed by atoms with Gasteiger partial charge in [0.1, 0.15) is 5.83 Å². The lowest BCUT2D eigenvalue weighted by Gasteiger charge is -1.88. The van der Waals surface area contributed by atoms with Crippen LogP contribution in [-0.4, -0.2) is 11.5 Å². The highest BCUT2D eigenvalue weighted by molar-refractivity contribution is 6.38. The molecule has 0 N–H and O–H groups in total. The average molecular weight is 181 g/mol. The van der Waals surface area contributed by atoms with Gasteiger partial charge in [-0.2, -0.15) is 0 Å². The Morgan fingerprint density at radius 3 is 2.54 bits per heavy atom. The fourth-order valence-electron chi connectivity index (χ4n) is 0.450. The number of hydrogen-bond donors (Lipinski definition) is 0. The summed E-state index contributed by atoms with van der Waals surface area (Å²) in [5, 5.41) is 0. The van der Waals surface area contributed by atoms with E-state index in [2.05, 4.69) is 10.7 Å². The number of nitrogens with zero attached hydrogens (tertiary/aromatic N) is 1. The summed E-state index contributed by atoms with van der Waals surface area (Å²) < 4.78 is 12.7. The predicted octanol–water partition coefficient (Wildman–Crippen LogP) is 2.58. The van der Waals surface area contributed by atoms with Gasteiger partial charge in [0.2, 0.25) is 0 Å². The van der Waals surface area contributed by atoms with E-state index in [-0.39, 0.29) is 11.5 Å². The minimum Gasteiger partial charge on any atom is -0.293 e. The Kier molecular flexibility index (Phi) is 5.40. The summed E-state index contributed by atoms with van der Waals surface area (Å²) in [6.45, 7) is 4.64. The van der Waals surface area contributed by atoms with E-state index >= 15 is 0 Å². The van der Waals surface area contributed by atoms with Gasteiger partial charge in [-0.25, -0.2) is 4.39 Å². The molecule has 0 aliphatic heterocycles. The highest BCUT2D eigenvalue weighted by Crippen LogP contribution is 1.97. The molecule has 0 radical (unpaired) electrons. The molecule has 0 unspecified atom stereocenters. The smallest absolute Gasteiger partial charge is 0.173 e. The zero-order valence-electron chi connectivity index (χ0n) is 7.97. The van der Waals surface area contributed by atoms with Crippen LogP contribution in [0.2, 0.25) is 0 Å². The van der Waals surface area contributed by atoms with Gasteiger partial charge >= 0.3 is 0 Å². The van der Waals surface area contributed by atoms with Crippen LogP contribution < -0.4 is 0 Å². The number of hydrogen-bond acceptors (Lipinski definition) is 2. The van der Waals surface area contributed by atoms with Gasteiger partial charge in [0.15, 0.2) is 5.78 Å². The second-order valence-corrected chi connectivity index (χ2v) is 2.38. The molecule has 0 atom stereocenters. The maximum atomic E-state index is 12.7.